The summed E-state index contributed by atoms with van der Waals surface area (Å²) >= 11 is 3.57. The second-order valence-corrected chi connectivity index (χ2v) is 6.23. The van der Waals surface area contributed by atoms with Crippen molar-refractivity contribution in [2.45, 2.75) is 19.0 Å². The highest BCUT2D eigenvalue weighted by Crippen LogP contribution is 2.25. The molecular weight excluding hydrogens is 290 g/mol. The number of hydrogen-bond acceptors (Lipinski definition) is 3. The predicted octanol–water partition coefficient (Wildman–Crippen LogP) is 2.18. The molecule has 2 atom stereocenters. The molecule has 100 valence electrons. The van der Waals surface area contributed by atoms with Crippen LogP contribution < -0.4 is 10.2 Å². The molecule has 0 radical (unpaired) electrons. The van der Waals surface area contributed by atoms with E-state index < -0.39 is 0 Å². The van der Waals surface area contributed by atoms with Crippen molar-refractivity contribution < 1.29 is 0 Å². The lowest BCUT2D eigenvalue weighted by Crippen LogP contribution is -2.59. The maximum absolute atomic E-state index is 3.57. The van der Waals surface area contributed by atoms with Gasteiger partial charge in [-0.05, 0) is 39.2 Å². The molecular formula is C14H22BrN3. The number of halogens is 1. The molecule has 0 bridgehead atoms. The number of benzene rings is 1. The van der Waals surface area contributed by atoms with E-state index >= 15 is 0 Å². The van der Waals surface area contributed by atoms with E-state index in [1.165, 1.54) is 5.69 Å². The maximum Gasteiger partial charge on any atom is 0.0544 e. The third-order valence-corrected chi connectivity index (χ3v) is 3.86. The Labute approximate surface area is 118 Å². The van der Waals surface area contributed by atoms with E-state index in [0.717, 1.165) is 24.1 Å². The van der Waals surface area contributed by atoms with Crippen LogP contribution in [0.4, 0.5) is 5.69 Å². The number of hydrogen-bond donors (Lipinski definition) is 1. The molecule has 1 saturated heterocycles. The Morgan fingerprint density at radius 3 is 2.83 bits per heavy atom. The molecule has 1 aromatic rings. The minimum Gasteiger partial charge on any atom is -0.362 e. The van der Waals surface area contributed by atoms with Gasteiger partial charge in [0.1, 0.15) is 0 Å². The minimum absolute atomic E-state index is 0.526. The van der Waals surface area contributed by atoms with Gasteiger partial charge >= 0.3 is 0 Å². The molecule has 18 heavy (non-hydrogen) atoms. The summed E-state index contributed by atoms with van der Waals surface area (Å²) in [6, 6.07) is 9.66. The number of nitrogens with one attached hydrogen (secondary N) is 1. The molecule has 0 aromatic heterocycles. The first kappa shape index (κ1) is 13.8. The van der Waals surface area contributed by atoms with Crippen LogP contribution in [-0.2, 0) is 0 Å². The van der Waals surface area contributed by atoms with Gasteiger partial charge in [0, 0.05) is 35.8 Å². The van der Waals surface area contributed by atoms with Gasteiger partial charge in [0.25, 0.3) is 0 Å². The Morgan fingerprint density at radius 1 is 1.39 bits per heavy atom. The van der Waals surface area contributed by atoms with Crippen molar-refractivity contribution in [1.29, 1.82) is 0 Å². The molecule has 0 amide bonds. The van der Waals surface area contributed by atoms with Crippen LogP contribution in [0.5, 0.6) is 0 Å². The van der Waals surface area contributed by atoms with Crippen molar-refractivity contribution in [2.75, 3.05) is 38.6 Å². The van der Waals surface area contributed by atoms with Crippen molar-refractivity contribution in [3.05, 3.63) is 28.7 Å². The Hall–Kier alpha value is -0.580. The number of likely N-dealkylation sites (N-methyl/N-ethyl adjacent to an activating group) is 1. The monoisotopic (exact) mass is 311 g/mol. The van der Waals surface area contributed by atoms with Gasteiger partial charge in [0.15, 0.2) is 0 Å². The fourth-order valence-electron chi connectivity index (χ4n) is 2.69. The fraction of sp³-hybridized carbons (Fsp3) is 0.571. The summed E-state index contributed by atoms with van der Waals surface area (Å²) in [5.74, 6) is 0. The summed E-state index contributed by atoms with van der Waals surface area (Å²) in [6.45, 7) is 5.46. The first-order valence-electron chi connectivity index (χ1n) is 6.47. The number of anilines is 1. The van der Waals surface area contributed by atoms with Crippen LogP contribution in [-0.4, -0.2) is 50.7 Å². The van der Waals surface area contributed by atoms with Crippen molar-refractivity contribution in [3.8, 4) is 0 Å². The lowest BCUT2D eigenvalue weighted by atomic mass is 10.1. The van der Waals surface area contributed by atoms with E-state index in [4.69, 9.17) is 0 Å². The van der Waals surface area contributed by atoms with Gasteiger partial charge in [-0.2, -0.15) is 0 Å². The highest BCUT2D eigenvalue weighted by molar-refractivity contribution is 9.10. The molecule has 1 fully saturated rings. The van der Waals surface area contributed by atoms with E-state index in [2.05, 4.69) is 76.3 Å². The van der Waals surface area contributed by atoms with Crippen LogP contribution in [0, 0.1) is 0 Å². The van der Waals surface area contributed by atoms with Crippen LogP contribution in [0.3, 0.4) is 0 Å². The van der Waals surface area contributed by atoms with E-state index in [1.807, 2.05) is 0 Å². The number of nitrogens with zero attached hydrogens (tertiary/aromatic N) is 2. The third kappa shape index (κ3) is 3.25. The Kier molecular flexibility index (Phi) is 4.65. The Balaban J connectivity index is 2.24. The summed E-state index contributed by atoms with van der Waals surface area (Å²) in [5.41, 5.74) is 1.31. The highest BCUT2D eigenvalue weighted by Gasteiger charge is 2.28. The topological polar surface area (TPSA) is 18.5 Å². The lowest BCUT2D eigenvalue weighted by Gasteiger charge is -2.44. The SMILES string of the molecule is CC1CNCC(CN(C)C)N1c1cccc(Br)c1. The smallest absolute Gasteiger partial charge is 0.0544 e. The van der Waals surface area contributed by atoms with Crippen LogP contribution in [0.25, 0.3) is 0 Å². The molecule has 2 unspecified atom stereocenters. The molecule has 3 nitrogen and oxygen atoms in total. The molecule has 0 aliphatic carbocycles. The van der Waals surface area contributed by atoms with Crippen molar-refractivity contribution in [2.24, 2.45) is 0 Å². The van der Waals surface area contributed by atoms with Gasteiger partial charge in [-0.1, -0.05) is 22.0 Å². The maximum atomic E-state index is 3.57. The van der Waals surface area contributed by atoms with Crippen LogP contribution in [0.2, 0.25) is 0 Å². The van der Waals surface area contributed by atoms with E-state index in [9.17, 15) is 0 Å². The standard InChI is InChI=1S/C14H22BrN3/c1-11-8-16-9-14(10-17(2)3)18(11)13-6-4-5-12(15)7-13/h4-7,11,14,16H,8-10H2,1-3H3. The molecule has 0 saturated carbocycles. The largest absolute Gasteiger partial charge is 0.362 e. The van der Waals surface area contributed by atoms with Gasteiger partial charge < -0.3 is 15.1 Å². The minimum atomic E-state index is 0.526. The van der Waals surface area contributed by atoms with Crippen LogP contribution >= 0.6 is 15.9 Å². The second kappa shape index (κ2) is 6.04. The van der Waals surface area contributed by atoms with E-state index in [-0.39, 0.29) is 0 Å². The Morgan fingerprint density at radius 2 is 2.17 bits per heavy atom. The predicted molar refractivity (Wildman–Crippen MR) is 81.3 cm³/mol. The molecule has 1 aromatic carbocycles. The van der Waals surface area contributed by atoms with Crippen LogP contribution in [0.15, 0.2) is 28.7 Å². The summed E-state index contributed by atoms with van der Waals surface area (Å²) in [5, 5.41) is 3.52. The fourth-order valence-corrected chi connectivity index (χ4v) is 3.08. The molecule has 2 rings (SSSR count). The summed E-state index contributed by atoms with van der Waals surface area (Å²) in [6.07, 6.45) is 0. The first-order valence-corrected chi connectivity index (χ1v) is 7.26. The van der Waals surface area contributed by atoms with Gasteiger partial charge in [0.2, 0.25) is 0 Å². The molecule has 4 heteroatoms. The van der Waals surface area contributed by atoms with Gasteiger partial charge in [-0.3, -0.25) is 0 Å². The normalized spacial score (nSPS) is 24.6. The quantitative estimate of drug-likeness (QED) is 0.923. The third-order valence-electron chi connectivity index (χ3n) is 3.37. The van der Waals surface area contributed by atoms with E-state index in [1.54, 1.807) is 0 Å². The second-order valence-electron chi connectivity index (χ2n) is 5.31. The summed E-state index contributed by atoms with van der Waals surface area (Å²) in [4.78, 5) is 4.80. The number of rotatable bonds is 3. The zero-order valence-corrected chi connectivity index (χ0v) is 12.9. The highest BCUT2D eigenvalue weighted by atomic mass is 79.9. The van der Waals surface area contributed by atoms with Crippen molar-refractivity contribution >= 4 is 21.6 Å². The zero-order valence-electron chi connectivity index (χ0n) is 11.4. The Bertz CT molecular complexity index is 394. The average Bonchev–Trinajstić information content (AvgIpc) is 2.28. The van der Waals surface area contributed by atoms with Gasteiger partial charge in [-0.25, -0.2) is 0 Å². The first-order chi connectivity index (χ1) is 8.58. The number of piperazine rings is 1. The summed E-state index contributed by atoms with van der Waals surface area (Å²) in [7, 11) is 4.27. The molecule has 1 aliphatic rings. The average molecular weight is 312 g/mol. The molecule has 0 spiro atoms. The van der Waals surface area contributed by atoms with Gasteiger partial charge in [0.05, 0.1) is 6.04 Å². The molecule has 1 aliphatic heterocycles. The molecule has 1 heterocycles. The van der Waals surface area contributed by atoms with E-state index in [0.29, 0.717) is 12.1 Å². The lowest BCUT2D eigenvalue weighted by molar-refractivity contribution is 0.316. The van der Waals surface area contributed by atoms with Crippen molar-refractivity contribution in [1.82, 2.24) is 10.2 Å². The zero-order chi connectivity index (χ0) is 13.1. The van der Waals surface area contributed by atoms with Crippen molar-refractivity contribution in [3.63, 3.8) is 0 Å². The summed E-state index contributed by atoms with van der Waals surface area (Å²) < 4.78 is 1.15. The van der Waals surface area contributed by atoms with Gasteiger partial charge in [-0.15, -0.1) is 0 Å². The molecule has 1 N–H and O–H groups in total. The van der Waals surface area contributed by atoms with Crippen LogP contribution in [0.1, 0.15) is 6.92 Å².